The van der Waals surface area contributed by atoms with Gasteiger partial charge in [0, 0.05) is 0 Å². The molecule has 180 valence electrons. The zero-order valence-corrected chi connectivity index (χ0v) is 18.6. The van der Waals surface area contributed by atoms with E-state index in [4.69, 9.17) is 9.57 Å². The molecule has 3 aromatic carbocycles. The van der Waals surface area contributed by atoms with Gasteiger partial charge < -0.3 is 4.74 Å². The first-order valence-corrected chi connectivity index (χ1v) is 11.1. The average molecular weight is 482 g/mol. The summed E-state index contributed by atoms with van der Waals surface area (Å²) in [5.41, 5.74) is 0.255. The molecule has 2 amide bonds. The summed E-state index contributed by atoms with van der Waals surface area (Å²) in [6.07, 6.45) is -5.73. The van der Waals surface area contributed by atoms with E-state index in [1.165, 1.54) is 17.2 Å². The third-order valence-corrected chi connectivity index (χ3v) is 6.09. The number of amides is 2. The standard InChI is InChI=1S/C26H21F3N2O4/c1-2-34-20-13-11-18(12-14-20)30-24(32)21-22(16-7-6-8-17(15-16)26(27,28)29)31(35-23(21)25(30)33)19-9-4-3-5-10-19/h3-15,21-23H,2H2,1H3/t21-,22-,23+/m0/s1. The zero-order chi connectivity index (χ0) is 24.7. The molecule has 0 aromatic heterocycles. The molecule has 0 bridgehead atoms. The van der Waals surface area contributed by atoms with Crippen LogP contribution in [0, 0.1) is 5.92 Å². The topological polar surface area (TPSA) is 59.1 Å². The van der Waals surface area contributed by atoms with Crippen LogP contribution >= 0.6 is 0 Å². The molecule has 2 saturated heterocycles. The summed E-state index contributed by atoms with van der Waals surface area (Å²) < 4.78 is 45.8. The maximum atomic E-state index is 13.6. The normalized spacial score (nSPS) is 22.0. The maximum Gasteiger partial charge on any atom is 0.416 e. The molecule has 6 nitrogen and oxygen atoms in total. The van der Waals surface area contributed by atoms with E-state index >= 15 is 0 Å². The third kappa shape index (κ3) is 4.01. The van der Waals surface area contributed by atoms with Crippen molar-refractivity contribution in [2.45, 2.75) is 25.2 Å². The minimum absolute atomic E-state index is 0.228. The number of ether oxygens (including phenoxy) is 1. The molecule has 0 N–H and O–H groups in total. The third-order valence-electron chi connectivity index (χ3n) is 6.09. The number of carbonyl (C=O) groups excluding carboxylic acids is 2. The predicted molar refractivity (Wildman–Crippen MR) is 122 cm³/mol. The van der Waals surface area contributed by atoms with Crippen LogP contribution in [0.2, 0.25) is 0 Å². The van der Waals surface area contributed by atoms with Crippen molar-refractivity contribution in [3.05, 3.63) is 90.0 Å². The number of hydrogen-bond donors (Lipinski definition) is 0. The van der Waals surface area contributed by atoms with E-state index in [1.54, 1.807) is 54.6 Å². The molecule has 35 heavy (non-hydrogen) atoms. The lowest BCUT2D eigenvalue weighted by molar-refractivity contribution is -0.137. The van der Waals surface area contributed by atoms with Gasteiger partial charge in [-0.05, 0) is 61.0 Å². The minimum atomic E-state index is -4.56. The fraction of sp³-hybridized carbons (Fsp3) is 0.231. The van der Waals surface area contributed by atoms with Gasteiger partial charge in [-0.2, -0.15) is 13.2 Å². The SMILES string of the molecule is CCOc1ccc(N2C(=O)[C@@H]3[C@@H](ON(c4ccccc4)[C@H]3c3cccc(C(F)(F)F)c3)C2=O)cc1. The lowest BCUT2D eigenvalue weighted by atomic mass is 9.89. The second-order valence-electron chi connectivity index (χ2n) is 8.22. The van der Waals surface area contributed by atoms with E-state index in [-0.39, 0.29) is 5.56 Å². The highest BCUT2D eigenvalue weighted by molar-refractivity contribution is 6.23. The lowest BCUT2D eigenvalue weighted by Gasteiger charge is -2.29. The molecule has 0 unspecified atom stereocenters. The highest BCUT2D eigenvalue weighted by Crippen LogP contribution is 2.48. The minimum Gasteiger partial charge on any atom is -0.494 e. The molecule has 5 rings (SSSR count). The van der Waals surface area contributed by atoms with Gasteiger partial charge in [0.2, 0.25) is 5.91 Å². The molecule has 9 heteroatoms. The first-order valence-electron chi connectivity index (χ1n) is 11.1. The molecule has 2 heterocycles. The Kier molecular flexibility index (Phi) is 5.72. The van der Waals surface area contributed by atoms with Gasteiger partial charge in [0.15, 0.2) is 6.10 Å². The predicted octanol–water partition coefficient (Wildman–Crippen LogP) is 5.16. The Labute approximate surface area is 199 Å². The number of hydrogen-bond acceptors (Lipinski definition) is 5. The Morgan fingerprint density at radius 1 is 0.886 bits per heavy atom. The van der Waals surface area contributed by atoms with Crippen molar-refractivity contribution < 1.29 is 32.3 Å². The quantitative estimate of drug-likeness (QED) is 0.471. The number of halogens is 3. The molecule has 2 aliphatic rings. The second kappa shape index (κ2) is 8.74. The van der Waals surface area contributed by atoms with Crippen molar-refractivity contribution >= 4 is 23.2 Å². The zero-order valence-electron chi connectivity index (χ0n) is 18.6. The van der Waals surface area contributed by atoms with E-state index in [2.05, 4.69) is 0 Å². The molecule has 3 aromatic rings. The Morgan fingerprint density at radius 3 is 2.26 bits per heavy atom. The highest BCUT2D eigenvalue weighted by atomic mass is 19.4. The van der Waals surface area contributed by atoms with Crippen LogP contribution in [0.25, 0.3) is 0 Å². The van der Waals surface area contributed by atoms with Crippen LogP contribution in [0.4, 0.5) is 24.5 Å². The molecule has 0 saturated carbocycles. The fourth-order valence-corrected chi connectivity index (χ4v) is 4.56. The van der Waals surface area contributed by atoms with Crippen LogP contribution in [0.1, 0.15) is 24.1 Å². The molecule has 2 fully saturated rings. The van der Waals surface area contributed by atoms with E-state index in [0.29, 0.717) is 23.7 Å². The number of carbonyl (C=O) groups is 2. The number of nitrogens with zero attached hydrogens (tertiary/aromatic N) is 2. The van der Waals surface area contributed by atoms with Gasteiger partial charge >= 0.3 is 6.18 Å². The van der Waals surface area contributed by atoms with E-state index in [1.807, 2.05) is 6.92 Å². The van der Waals surface area contributed by atoms with Gasteiger partial charge in [-0.1, -0.05) is 30.3 Å². The Balaban J connectivity index is 1.56. The summed E-state index contributed by atoms with van der Waals surface area (Å²) in [5.74, 6) is -1.55. The average Bonchev–Trinajstić information content (AvgIpc) is 3.36. The number of hydroxylamine groups is 1. The van der Waals surface area contributed by atoms with E-state index < -0.39 is 41.6 Å². The monoisotopic (exact) mass is 482 g/mol. The Morgan fingerprint density at radius 2 is 1.60 bits per heavy atom. The van der Waals surface area contributed by atoms with Crippen LogP contribution in [0.15, 0.2) is 78.9 Å². The van der Waals surface area contributed by atoms with Crippen molar-refractivity contribution in [3.8, 4) is 5.75 Å². The van der Waals surface area contributed by atoms with Gasteiger partial charge in [0.1, 0.15) is 11.7 Å². The van der Waals surface area contributed by atoms with Crippen molar-refractivity contribution in [2.24, 2.45) is 5.92 Å². The summed E-state index contributed by atoms with van der Waals surface area (Å²) in [6.45, 7) is 2.30. The molecule has 2 aliphatic heterocycles. The second-order valence-corrected chi connectivity index (χ2v) is 8.22. The van der Waals surface area contributed by atoms with Crippen LogP contribution in [0.3, 0.4) is 0 Å². The van der Waals surface area contributed by atoms with Gasteiger partial charge in [-0.25, -0.2) is 9.96 Å². The molecular weight excluding hydrogens is 461 g/mol. The van der Waals surface area contributed by atoms with E-state index in [9.17, 15) is 22.8 Å². The van der Waals surface area contributed by atoms with Crippen molar-refractivity contribution in [3.63, 3.8) is 0 Å². The van der Waals surface area contributed by atoms with Crippen LogP contribution < -0.4 is 14.7 Å². The Hall–Kier alpha value is -3.85. The first kappa shape index (κ1) is 22.9. The number of rotatable bonds is 5. The molecular formula is C26H21F3N2O4. The van der Waals surface area contributed by atoms with Crippen molar-refractivity contribution in [1.29, 1.82) is 0 Å². The van der Waals surface area contributed by atoms with Gasteiger partial charge in [-0.3, -0.25) is 14.4 Å². The number of alkyl halides is 3. The maximum absolute atomic E-state index is 13.6. The fourth-order valence-electron chi connectivity index (χ4n) is 4.56. The first-order chi connectivity index (χ1) is 16.8. The van der Waals surface area contributed by atoms with Gasteiger partial charge in [-0.15, -0.1) is 0 Å². The largest absolute Gasteiger partial charge is 0.494 e. The van der Waals surface area contributed by atoms with Crippen LogP contribution in [-0.4, -0.2) is 24.5 Å². The molecule has 0 radical (unpaired) electrons. The molecule has 0 aliphatic carbocycles. The van der Waals surface area contributed by atoms with Crippen molar-refractivity contribution in [2.75, 3.05) is 16.6 Å². The van der Waals surface area contributed by atoms with Gasteiger partial charge in [0.05, 0.1) is 29.6 Å². The summed E-state index contributed by atoms with van der Waals surface area (Å²) in [7, 11) is 0. The van der Waals surface area contributed by atoms with E-state index in [0.717, 1.165) is 17.0 Å². The summed E-state index contributed by atoms with van der Waals surface area (Å²) in [4.78, 5) is 33.9. The lowest BCUT2D eigenvalue weighted by Crippen LogP contribution is -2.37. The molecule has 3 atom stereocenters. The highest BCUT2D eigenvalue weighted by Gasteiger charge is 2.60. The number of imide groups is 1. The van der Waals surface area contributed by atoms with Crippen molar-refractivity contribution in [1.82, 2.24) is 0 Å². The Bertz CT molecular complexity index is 1250. The summed E-state index contributed by atoms with van der Waals surface area (Å²) in [5, 5.41) is 1.37. The number of benzene rings is 3. The van der Waals surface area contributed by atoms with Crippen LogP contribution in [0.5, 0.6) is 5.75 Å². The summed E-state index contributed by atoms with van der Waals surface area (Å²) >= 11 is 0. The van der Waals surface area contributed by atoms with Gasteiger partial charge in [0.25, 0.3) is 5.91 Å². The smallest absolute Gasteiger partial charge is 0.416 e. The molecule has 0 spiro atoms. The number of para-hydroxylation sites is 1. The number of anilines is 2. The summed E-state index contributed by atoms with van der Waals surface area (Å²) in [6, 6.07) is 19.0. The number of fused-ring (bicyclic) bond motifs is 1. The van der Waals surface area contributed by atoms with Crippen LogP contribution in [-0.2, 0) is 20.6 Å².